The van der Waals surface area contributed by atoms with Crippen LogP contribution in [0.3, 0.4) is 0 Å². The van der Waals surface area contributed by atoms with Crippen molar-refractivity contribution >= 4 is 17.5 Å². The van der Waals surface area contributed by atoms with Crippen LogP contribution in [0.5, 0.6) is 5.75 Å². The molecule has 1 amide bonds. The first-order valence-electron chi connectivity index (χ1n) is 7.44. The molecule has 1 aromatic carbocycles. The number of piperidine rings is 1. The van der Waals surface area contributed by atoms with Crippen LogP contribution in [0.2, 0.25) is 5.02 Å². The molecule has 1 fully saturated rings. The number of carbonyl (C=O) groups is 1. The summed E-state index contributed by atoms with van der Waals surface area (Å²) in [5.41, 5.74) is 0.481. The van der Waals surface area contributed by atoms with E-state index < -0.39 is 0 Å². The molecule has 0 spiro atoms. The Morgan fingerprint density at radius 1 is 1.30 bits per heavy atom. The molecule has 1 aliphatic heterocycles. The van der Waals surface area contributed by atoms with Crippen molar-refractivity contribution < 1.29 is 13.9 Å². The maximum atomic E-state index is 13.0. The Morgan fingerprint density at radius 2 is 2.09 bits per heavy atom. The number of pyridine rings is 1. The minimum absolute atomic E-state index is 0.112. The molecule has 0 radical (unpaired) electrons. The van der Waals surface area contributed by atoms with Gasteiger partial charge in [0.1, 0.15) is 22.7 Å². The van der Waals surface area contributed by atoms with Crippen molar-refractivity contribution in [2.45, 2.75) is 18.9 Å². The van der Waals surface area contributed by atoms with E-state index in [0.29, 0.717) is 29.4 Å². The van der Waals surface area contributed by atoms with Gasteiger partial charge in [0.05, 0.1) is 6.54 Å². The minimum atomic E-state index is -0.353. The van der Waals surface area contributed by atoms with Crippen LogP contribution in [0.15, 0.2) is 42.7 Å². The lowest BCUT2D eigenvalue weighted by Gasteiger charge is -2.33. The molecule has 6 heteroatoms. The first-order valence-corrected chi connectivity index (χ1v) is 7.82. The Hall–Kier alpha value is -2.14. The molecule has 0 aliphatic carbocycles. The molecule has 3 rings (SSSR count). The first kappa shape index (κ1) is 15.7. The van der Waals surface area contributed by atoms with Gasteiger partial charge in [-0.05, 0) is 37.1 Å². The van der Waals surface area contributed by atoms with Gasteiger partial charge in [0, 0.05) is 30.6 Å². The standard InChI is InChI=1S/C17H16ClFN2O2/c18-15-10-20-8-7-16(15)23-14-2-1-9-21(11-14)17(22)12-3-5-13(19)6-4-12/h3-8,10,14H,1-2,9,11H2. The van der Waals surface area contributed by atoms with Crippen LogP contribution in [0.4, 0.5) is 4.39 Å². The average molecular weight is 335 g/mol. The van der Waals surface area contributed by atoms with Crippen molar-refractivity contribution in [1.29, 1.82) is 0 Å². The highest BCUT2D eigenvalue weighted by Crippen LogP contribution is 2.26. The molecule has 0 bridgehead atoms. The smallest absolute Gasteiger partial charge is 0.253 e. The van der Waals surface area contributed by atoms with E-state index in [9.17, 15) is 9.18 Å². The van der Waals surface area contributed by atoms with E-state index in [2.05, 4.69) is 4.98 Å². The third-order valence-corrected chi connectivity index (χ3v) is 4.07. The van der Waals surface area contributed by atoms with Crippen LogP contribution in [0.25, 0.3) is 0 Å². The van der Waals surface area contributed by atoms with Gasteiger partial charge < -0.3 is 9.64 Å². The van der Waals surface area contributed by atoms with Crippen LogP contribution < -0.4 is 4.74 Å². The van der Waals surface area contributed by atoms with Crippen LogP contribution in [-0.4, -0.2) is 35.0 Å². The summed E-state index contributed by atoms with van der Waals surface area (Å²) in [5, 5.41) is 0.453. The van der Waals surface area contributed by atoms with Crippen molar-refractivity contribution in [2.75, 3.05) is 13.1 Å². The van der Waals surface area contributed by atoms with Crippen molar-refractivity contribution in [3.05, 3.63) is 59.1 Å². The molecule has 0 N–H and O–H groups in total. The van der Waals surface area contributed by atoms with Gasteiger partial charge in [-0.1, -0.05) is 11.6 Å². The summed E-state index contributed by atoms with van der Waals surface area (Å²) in [6.45, 7) is 1.15. The number of aromatic nitrogens is 1. The fourth-order valence-electron chi connectivity index (χ4n) is 2.63. The summed E-state index contributed by atoms with van der Waals surface area (Å²) >= 11 is 6.05. The highest BCUT2D eigenvalue weighted by molar-refractivity contribution is 6.31. The van der Waals surface area contributed by atoms with Gasteiger partial charge in [0.2, 0.25) is 0 Å². The maximum absolute atomic E-state index is 13.0. The summed E-state index contributed by atoms with van der Waals surface area (Å²) in [5.74, 6) is 0.107. The van der Waals surface area contributed by atoms with Gasteiger partial charge >= 0.3 is 0 Å². The molecule has 23 heavy (non-hydrogen) atoms. The Bertz CT molecular complexity index is 693. The summed E-state index contributed by atoms with van der Waals surface area (Å²) < 4.78 is 18.9. The van der Waals surface area contributed by atoms with Crippen molar-refractivity contribution in [3.63, 3.8) is 0 Å². The number of carbonyl (C=O) groups excluding carboxylic acids is 1. The monoisotopic (exact) mass is 334 g/mol. The molecule has 0 saturated carbocycles. The highest BCUT2D eigenvalue weighted by Gasteiger charge is 2.26. The fourth-order valence-corrected chi connectivity index (χ4v) is 2.80. The Balaban J connectivity index is 1.67. The summed E-state index contributed by atoms with van der Waals surface area (Å²) in [6.07, 6.45) is 4.73. The van der Waals surface area contributed by atoms with E-state index >= 15 is 0 Å². The maximum Gasteiger partial charge on any atom is 0.253 e. The van der Waals surface area contributed by atoms with E-state index in [4.69, 9.17) is 16.3 Å². The normalized spacial score (nSPS) is 17.8. The van der Waals surface area contributed by atoms with Gasteiger partial charge in [0.15, 0.2) is 0 Å². The number of rotatable bonds is 3. The van der Waals surface area contributed by atoms with E-state index in [1.807, 2.05) is 0 Å². The second kappa shape index (κ2) is 6.96. The molecular formula is C17H16ClFN2O2. The average Bonchev–Trinajstić information content (AvgIpc) is 2.57. The zero-order valence-corrected chi connectivity index (χ0v) is 13.2. The number of hydrogen-bond donors (Lipinski definition) is 0. The summed E-state index contributed by atoms with van der Waals surface area (Å²) in [6, 6.07) is 7.30. The zero-order chi connectivity index (χ0) is 16.2. The van der Waals surface area contributed by atoms with Crippen LogP contribution in [-0.2, 0) is 0 Å². The SMILES string of the molecule is O=C(c1ccc(F)cc1)N1CCCC(Oc2ccncc2Cl)C1. The minimum Gasteiger partial charge on any atom is -0.487 e. The van der Waals surface area contributed by atoms with Gasteiger partial charge in [-0.2, -0.15) is 0 Å². The van der Waals surface area contributed by atoms with E-state index in [1.54, 1.807) is 17.2 Å². The predicted molar refractivity (Wildman–Crippen MR) is 85.2 cm³/mol. The fraction of sp³-hybridized carbons (Fsp3) is 0.294. The molecule has 1 saturated heterocycles. The number of benzene rings is 1. The second-order valence-corrected chi connectivity index (χ2v) is 5.85. The molecule has 1 unspecified atom stereocenters. The number of hydrogen-bond acceptors (Lipinski definition) is 3. The molecule has 1 aliphatic rings. The first-order chi connectivity index (χ1) is 11.1. The Kier molecular flexibility index (Phi) is 4.76. The number of likely N-dealkylation sites (tertiary alicyclic amines) is 1. The van der Waals surface area contributed by atoms with Crippen molar-refractivity contribution in [2.24, 2.45) is 0 Å². The Morgan fingerprint density at radius 3 is 2.83 bits per heavy atom. The number of ether oxygens (including phenoxy) is 1. The summed E-state index contributed by atoms with van der Waals surface area (Å²) in [4.78, 5) is 18.1. The Labute approximate surface area is 138 Å². The number of halogens is 2. The largest absolute Gasteiger partial charge is 0.487 e. The predicted octanol–water partition coefficient (Wildman–Crippen LogP) is 3.56. The van der Waals surface area contributed by atoms with Crippen LogP contribution >= 0.6 is 11.6 Å². The van der Waals surface area contributed by atoms with Gasteiger partial charge in [-0.25, -0.2) is 4.39 Å². The van der Waals surface area contributed by atoms with E-state index in [0.717, 1.165) is 12.8 Å². The third kappa shape index (κ3) is 3.79. The van der Waals surface area contributed by atoms with Gasteiger partial charge in [-0.3, -0.25) is 9.78 Å². The quantitative estimate of drug-likeness (QED) is 0.862. The van der Waals surface area contributed by atoms with Crippen LogP contribution in [0.1, 0.15) is 23.2 Å². The summed E-state index contributed by atoms with van der Waals surface area (Å²) in [7, 11) is 0. The lowest BCUT2D eigenvalue weighted by molar-refractivity contribution is 0.0538. The molecule has 120 valence electrons. The molecule has 1 aromatic heterocycles. The van der Waals surface area contributed by atoms with E-state index in [1.165, 1.54) is 30.5 Å². The van der Waals surface area contributed by atoms with Crippen molar-refractivity contribution in [1.82, 2.24) is 9.88 Å². The highest BCUT2D eigenvalue weighted by atomic mass is 35.5. The third-order valence-electron chi connectivity index (χ3n) is 3.79. The number of nitrogens with zero attached hydrogens (tertiary/aromatic N) is 2. The topological polar surface area (TPSA) is 42.4 Å². The van der Waals surface area contributed by atoms with Crippen molar-refractivity contribution in [3.8, 4) is 5.75 Å². The number of amides is 1. The molecule has 2 aromatic rings. The van der Waals surface area contributed by atoms with Gasteiger partial charge in [0.25, 0.3) is 5.91 Å². The zero-order valence-electron chi connectivity index (χ0n) is 12.4. The van der Waals surface area contributed by atoms with E-state index in [-0.39, 0.29) is 17.8 Å². The second-order valence-electron chi connectivity index (χ2n) is 5.45. The molecule has 4 nitrogen and oxygen atoms in total. The molecular weight excluding hydrogens is 319 g/mol. The van der Waals surface area contributed by atoms with Gasteiger partial charge in [-0.15, -0.1) is 0 Å². The lowest BCUT2D eigenvalue weighted by Crippen LogP contribution is -2.44. The van der Waals surface area contributed by atoms with Crippen LogP contribution in [0, 0.1) is 5.82 Å². The molecule has 1 atom stereocenters. The lowest BCUT2D eigenvalue weighted by atomic mass is 10.1. The molecule has 2 heterocycles.